The number of aromatic nitrogens is 2. The average Bonchev–Trinajstić information content (AvgIpc) is 2.71. The normalized spacial score (nSPS) is 10.4. The highest BCUT2D eigenvalue weighted by molar-refractivity contribution is 7.13. The van der Waals surface area contributed by atoms with Gasteiger partial charge in [0.2, 0.25) is 0 Å². The van der Waals surface area contributed by atoms with Gasteiger partial charge >= 0.3 is 0 Å². The van der Waals surface area contributed by atoms with Crippen molar-refractivity contribution in [2.24, 2.45) is 0 Å². The topological polar surface area (TPSA) is 45.8 Å². The first kappa shape index (κ1) is 9.15. The third-order valence-electron chi connectivity index (χ3n) is 2.02. The van der Waals surface area contributed by atoms with Gasteiger partial charge in [-0.2, -0.15) is 0 Å². The highest BCUT2D eigenvalue weighted by atomic mass is 32.1. The average molecular weight is 206 g/mol. The minimum atomic E-state index is -0.0366. The van der Waals surface area contributed by atoms with Gasteiger partial charge in [0.15, 0.2) is 11.6 Å². The molecule has 4 heteroatoms. The molecule has 0 aliphatic heterocycles. The molecule has 0 fully saturated rings. The SMILES string of the molecule is CC(=O)c1ncc(-c2sccc2C)[nH]1. The molecule has 0 saturated heterocycles. The third-order valence-corrected chi connectivity index (χ3v) is 3.07. The van der Waals surface area contributed by atoms with Crippen LogP contribution >= 0.6 is 11.3 Å². The molecule has 1 N–H and O–H groups in total. The Morgan fingerprint density at radius 2 is 2.36 bits per heavy atom. The van der Waals surface area contributed by atoms with Crippen molar-refractivity contribution in [1.29, 1.82) is 0 Å². The number of Topliss-reactive ketones (excluding diaryl/α,β-unsaturated/α-hetero) is 1. The van der Waals surface area contributed by atoms with Gasteiger partial charge < -0.3 is 4.98 Å². The van der Waals surface area contributed by atoms with E-state index in [9.17, 15) is 4.79 Å². The molecule has 0 aliphatic carbocycles. The van der Waals surface area contributed by atoms with Crippen molar-refractivity contribution in [3.05, 3.63) is 29.0 Å². The Hall–Kier alpha value is -1.42. The van der Waals surface area contributed by atoms with E-state index in [0.29, 0.717) is 5.82 Å². The van der Waals surface area contributed by atoms with Gasteiger partial charge in [0.1, 0.15) is 0 Å². The second-order valence-electron chi connectivity index (χ2n) is 3.13. The molecule has 72 valence electrons. The standard InChI is InChI=1S/C10H10N2OS/c1-6-3-4-14-9(6)8-5-11-10(12-8)7(2)13/h3-5H,1-2H3,(H,11,12). The summed E-state index contributed by atoms with van der Waals surface area (Å²) in [6.07, 6.45) is 1.70. The second-order valence-corrected chi connectivity index (χ2v) is 4.05. The molecule has 3 nitrogen and oxygen atoms in total. The molecule has 0 aliphatic rings. The van der Waals surface area contributed by atoms with Crippen LogP contribution in [-0.4, -0.2) is 15.8 Å². The van der Waals surface area contributed by atoms with Crippen LogP contribution < -0.4 is 0 Å². The Kier molecular flexibility index (Phi) is 2.21. The van der Waals surface area contributed by atoms with Crippen LogP contribution in [0.15, 0.2) is 17.6 Å². The molecule has 0 atom stereocenters. The van der Waals surface area contributed by atoms with Gasteiger partial charge in [0.05, 0.1) is 16.8 Å². The van der Waals surface area contributed by atoms with Crippen molar-refractivity contribution in [2.45, 2.75) is 13.8 Å². The number of nitrogens with zero attached hydrogens (tertiary/aromatic N) is 1. The first-order valence-electron chi connectivity index (χ1n) is 4.29. The van der Waals surface area contributed by atoms with Gasteiger partial charge in [-0.25, -0.2) is 4.98 Å². The molecule has 0 amide bonds. The van der Waals surface area contributed by atoms with E-state index in [1.165, 1.54) is 12.5 Å². The largest absolute Gasteiger partial charge is 0.335 e. The number of rotatable bonds is 2. The number of carbonyl (C=O) groups is 1. The monoisotopic (exact) mass is 206 g/mol. The van der Waals surface area contributed by atoms with E-state index in [4.69, 9.17) is 0 Å². The maximum atomic E-state index is 11.0. The summed E-state index contributed by atoms with van der Waals surface area (Å²) in [5.74, 6) is 0.387. The van der Waals surface area contributed by atoms with E-state index in [0.717, 1.165) is 10.6 Å². The van der Waals surface area contributed by atoms with Crippen molar-refractivity contribution >= 4 is 17.1 Å². The van der Waals surface area contributed by atoms with Crippen molar-refractivity contribution in [1.82, 2.24) is 9.97 Å². The number of nitrogens with one attached hydrogen (secondary N) is 1. The van der Waals surface area contributed by atoms with Gasteiger partial charge in [-0.05, 0) is 23.9 Å². The highest BCUT2D eigenvalue weighted by Crippen LogP contribution is 2.27. The molecule has 0 spiro atoms. The van der Waals surface area contributed by atoms with Gasteiger partial charge in [-0.15, -0.1) is 11.3 Å². The van der Waals surface area contributed by atoms with Gasteiger partial charge in [-0.3, -0.25) is 4.79 Å². The van der Waals surface area contributed by atoms with Crippen LogP contribution in [0.4, 0.5) is 0 Å². The highest BCUT2D eigenvalue weighted by Gasteiger charge is 2.09. The van der Waals surface area contributed by atoms with E-state index < -0.39 is 0 Å². The van der Waals surface area contributed by atoms with Crippen LogP contribution in [-0.2, 0) is 0 Å². The number of aryl methyl sites for hydroxylation is 1. The van der Waals surface area contributed by atoms with Gasteiger partial charge in [-0.1, -0.05) is 0 Å². The molecule has 0 unspecified atom stereocenters. The molecular weight excluding hydrogens is 196 g/mol. The molecule has 0 saturated carbocycles. The van der Waals surface area contributed by atoms with E-state index in [1.807, 2.05) is 18.4 Å². The Bertz CT molecular complexity index is 470. The lowest BCUT2D eigenvalue weighted by Crippen LogP contribution is -1.93. The number of imidazole rings is 1. The lowest BCUT2D eigenvalue weighted by atomic mass is 10.2. The van der Waals surface area contributed by atoms with E-state index >= 15 is 0 Å². The first-order chi connectivity index (χ1) is 6.68. The summed E-state index contributed by atoms with van der Waals surface area (Å²) in [6.45, 7) is 3.55. The zero-order valence-electron chi connectivity index (χ0n) is 8.00. The predicted octanol–water partition coefficient (Wildman–Crippen LogP) is 2.65. The Morgan fingerprint density at radius 3 is 2.86 bits per heavy atom. The summed E-state index contributed by atoms with van der Waals surface area (Å²) in [6, 6.07) is 2.05. The van der Waals surface area contributed by atoms with Gasteiger partial charge in [0.25, 0.3) is 0 Å². The number of hydrogen-bond donors (Lipinski definition) is 1. The molecule has 2 rings (SSSR count). The van der Waals surface area contributed by atoms with Crippen molar-refractivity contribution in [2.75, 3.05) is 0 Å². The minimum absolute atomic E-state index is 0.0366. The predicted molar refractivity (Wildman–Crippen MR) is 56.6 cm³/mol. The summed E-state index contributed by atoms with van der Waals surface area (Å²) in [5, 5.41) is 2.03. The van der Waals surface area contributed by atoms with E-state index in [-0.39, 0.29) is 5.78 Å². The van der Waals surface area contributed by atoms with Crippen LogP contribution in [0.25, 0.3) is 10.6 Å². The lowest BCUT2D eigenvalue weighted by molar-refractivity contribution is 0.100. The lowest BCUT2D eigenvalue weighted by Gasteiger charge is -1.93. The minimum Gasteiger partial charge on any atom is -0.335 e. The second kappa shape index (κ2) is 3.38. The number of thiophene rings is 1. The van der Waals surface area contributed by atoms with Crippen LogP contribution in [0.3, 0.4) is 0 Å². The van der Waals surface area contributed by atoms with Crippen LogP contribution in [0.5, 0.6) is 0 Å². The summed E-state index contributed by atoms with van der Waals surface area (Å²) < 4.78 is 0. The fraction of sp³-hybridized carbons (Fsp3) is 0.200. The van der Waals surface area contributed by atoms with E-state index in [2.05, 4.69) is 9.97 Å². The molecule has 0 aromatic carbocycles. The number of aromatic amines is 1. The van der Waals surface area contributed by atoms with Crippen LogP contribution in [0.2, 0.25) is 0 Å². The maximum absolute atomic E-state index is 11.0. The number of H-pyrrole nitrogens is 1. The molecule has 2 aromatic heterocycles. The van der Waals surface area contributed by atoms with Crippen LogP contribution in [0, 0.1) is 6.92 Å². The quantitative estimate of drug-likeness (QED) is 0.768. The Morgan fingerprint density at radius 1 is 1.57 bits per heavy atom. The molecular formula is C10H10N2OS. The van der Waals surface area contributed by atoms with E-state index in [1.54, 1.807) is 17.5 Å². The first-order valence-corrected chi connectivity index (χ1v) is 5.17. The summed E-state index contributed by atoms with van der Waals surface area (Å²) in [4.78, 5) is 19.2. The summed E-state index contributed by atoms with van der Waals surface area (Å²) >= 11 is 1.65. The fourth-order valence-electron chi connectivity index (χ4n) is 1.26. The zero-order chi connectivity index (χ0) is 10.1. The molecule has 2 heterocycles. The summed E-state index contributed by atoms with van der Waals surface area (Å²) in [5.41, 5.74) is 2.12. The zero-order valence-corrected chi connectivity index (χ0v) is 8.81. The molecule has 2 aromatic rings. The van der Waals surface area contributed by atoms with Gasteiger partial charge in [0, 0.05) is 6.92 Å². The van der Waals surface area contributed by atoms with Crippen molar-refractivity contribution < 1.29 is 4.79 Å². The Balaban J connectivity index is 2.43. The maximum Gasteiger partial charge on any atom is 0.194 e. The van der Waals surface area contributed by atoms with Crippen molar-refractivity contribution in [3.63, 3.8) is 0 Å². The Labute approximate surface area is 85.8 Å². The molecule has 0 radical (unpaired) electrons. The molecule has 14 heavy (non-hydrogen) atoms. The summed E-state index contributed by atoms with van der Waals surface area (Å²) in [7, 11) is 0. The number of carbonyl (C=O) groups excluding carboxylic acids is 1. The van der Waals surface area contributed by atoms with Crippen molar-refractivity contribution in [3.8, 4) is 10.6 Å². The third kappa shape index (κ3) is 1.48. The number of ketones is 1. The number of hydrogen-bond acceptors (Lipinski definition) is 3. The fourth-order valence-corrected chi connectivity index (χ4v) is 2.16. The smallest absolute Gasteiger partial charge is 0.194 e. The molecule has 0 bridgehead atoms. The van der Waals surface area contributed by atoms with Crippen LogP contribution in [0.1, 0.15) is 23.1 Å².